The minimum absolute atomic E-state index is 0.0925. The molecule has 0 saturated heterocycles. The summed E-state index contributed by atoms with van der Waals surface area (Å²) in [7, 11) is 0. The minimum atomic E-state index is 0.0925. The Morgan fingerprint density at radius 3 is 2.42 bits per heavy atom. The highest BCUT2D eigenvalue weighted by Crippen LogP contribution is 2.12. The SMILES string of the molecule is CCn1nc(C)c(C)c1C(C)=O. The number of rotatable bonds is 2. The first-order chi connectivity index (χ1) is 5.57. The number of ketones is 1. The van der Waals surface area contributed by atoms with E-state index in [1.54, 1.807) is 11.6 Å². The molecule has 1 aromatic heterocycles. The summed E-state index contributed by atoms with van der Waals surface area (Å²) in [6.07, 6.45) is 0. The third-order valence-corrected chi connectivity index (χ3v) is 2.06. The van der Waals surface area contributed by atoms with Crippen molar-refractivity contribution in [2.24, 2.45) is 0 Å². The van der Waals surface area contributed by atoms with Gasteiger partial charge < -0.3 is 0 Å². The van der Waals surface area contributed by atoms with Crippen molar-refractivity contribution in [3.8, 4) is 0 Å². The Balaban J connectivity index is 3.31. The predicted octanol–water partition coefficient (Wildman–Crippen LogP) is 1.72. The standard InChI is InChI=1S/C9H14N2O/c1-5-11-9(8(4)12)6(2)7(3)10-11/h5H2,1-4H3. The third kappa shape index (κ3) is 1.26. The normalized spacial score (nSPS) is 10.3. The lowest BCUT2D eigenvalue weighted by Gasteiger charge is -2.00. The average molecular weight is 166 g/mol. The molecule has 12 heavy (non-hydrogen) atoms. The molecule has 0 atom stereocenters. The molecule has 0 aliphatic rings. The van der Waals surface area contributed by atoms with Crippen LogP contribution in [-0.4, -0.2) is 15.6 Å². The lowest BCUT2D eigenvalue weighted by molar-refractivity contribution is 0.100. The molecule has 0 bridgehead atoms. The number of carbonyl (C=O) groups is 1. The molecule has 0 unspecified atom stereocenters. The zero-order valence-corrected chi connectivity index (χ0v) is 8.01. The van der Waals surface area contributed by atoms with Crippen LogP contribution < -0.4 is 0 Å². The highest BCUT2D eigenvalue weighted by Gasteiger charge is 2.13. The maximum Gasteiger partial charge on any atom is 0.178 e. The van der Waals surface area contributed by atoms with E-state index in [0.29, 0.717) is 0 Å². The summed E-state index contributed by atoms with van der Waals surface area (Å²) in [4.78, 5) is 11.2. The summed E-state index contributed by atoms with van der Waals surface area (Å²) in [6.45, 7) is 8.18. The van der Waals surface area contributed by atoms with Crippen molar-refractivity contribution >= 4 is 5.78 Å². The zero-order valence-electron chi connectivity index (χ0n) is 8.01. The van der Waals surface area contributed by atoms with Crippen LogP contribution in [0, 0.1) is 13.8 Å². The van der Waals surface area contributed by atoms with Crippen LogP contribution >= 0.6 is 0 Å². The molecule has 3 nitrogen and oxygen atoms in total. The van der Waals surface area contributed by atoms with Gasteiger partial charge in [-0.15, -0.1) is 0 Å². The van der Waals surface area contributed by atoms with E-state index < -0.39 is 0 Å². The van der Waals surface area contributed by atoms with Crippen LogP contribution in [0.25, 0.3) is 0 Å². The molecule has 66 valence electrons. The number of nitrogens with zero attached hydrogens (tertiary/aromatic N) is 2. The molecule has 0 aliphatic heterocycles. The maximum atomic E-state index is 11.2. The Morgan fingerprint density at radius 2 is 2.08 bits per heavy atom. The maximum absolute atomic E-state index is 11.2. The molecule has 0 spiro atoms. The second-order valence-electron chi connectivity index (χ2n) is 2.93. The Morgan fingerprint density at radius 1 is 1.50 bits per heavy atom. The molecule has 0 aromatic carbocycles. The molecular weight excluding hydrogens is 152 g/mol. The minimum Gasteiger partial charge on any atom is -0.293 e. The van der Waals surface area contributed by atoms with E-state index in [1.165, 1.54) is 0 Å². The molecular formula is C9H14N2O. The van der Waals surface area contributed by atoms with Gasteiger partial charge in [0.1, 0.15) is 5.69 Å². The first-order valence-electron chi connectivity index (χ1n) is 4.12. The van der Waals surface area contributed by atoms with Crippen molar-refractivity contribution in [1.82, 2.24) is 9.78 Å². The van der Waals surface area contributed by atoms with Gasteiger partial charge in [0.25, 0.3) is 0 Å². The summed E-state index contributed by atoms with van der Waals surface area (Å²) in [5.41, 5.74) is 2.70. The second-order valence-corrected chi connectivity index (χ2v) is 2.93. The van der Waals surface area contributed by atoms with Gasteiger partial charge >= 0.3 is 0 Å². The third-order valence-electron chi connectivity index (χ3n) is 2.06. The molecule has 0 aliphatic carbocycles. The summed E-state index contributed by atoms with van der Waals surface area (Å²) in [5, 5.41) is 4.25. The van der Waals surface area contributed by atoms with Crippen LogP contribution in [0.2, 0.25) is 0 Å². The first kappa shape index (κ1) is 8.97. The van der Waals surface area contributed by atoms with Crippen molar-refractivity contribution in [3.63, 3.8) is 0 Å². The summed E-state index contributed by atoms with van der Waals surface area (Å²) < 4.78 is 1.76. The number of aryl methyl sites for hydroxylation is 2. The van der Waals surface area contributed by atoms with Crippen LogP contribution in [0.3, 0.4) is 0 Å². The van der Waals surface area contributed by atoms with E-state index in [0.717, 1.165) is 23.5 Å². The molecule has 1 rings (SSSR count). The average Bonchev–Trinajstić information content (AvgIpc) is 2.28. The van der Waals surface area contributed by atoms with Gasteiger partial charge in [0.2, 0.25) is 0 Å². The number of hydrogen-bond donors (Lipinski definition) is 0. The smallest absolute Gasteiger partial charge is 0.178 e. The van der Waals surface area contributed by atoms with Crippen molar-refractivity contribution in [2.45, 2.75) is 34.2 Å². The fraction of sp³-hybridized carbons (Fsp3) is 0.556. The van der Waals surface area contributed by atoms with Crippen molar-refractivity contribution in [3.05, 3.63) is 17.0 Å². The number of hydrogen-bond acceptors (Lipinski definition) is 2. The highest BCUT2D eigenvalue weighted by atomic mass is 16.1. The number of Topliss-reactive ketones (excluding diaryl/α,β-unsaturated/α-hetero) is 1. The predicted molar refractivity (Wildman–Crippen MR) is 47.4 cm³/mol. The van der Waals surface area contributed by atoms with Crippen LogP contribution in [-0.2, 0) is 6.54 Å². The van der Waals surface area contributed by atoms with Gasteiger partial charge in [0.05, 0.1) is 5.69 Å². The molecule has 0 fully saturated rings. The van der Waals surface area contributed by atoms with E-state index in [9.17, 15) is 4.79 Å². The zero-order chi connectivity index (χ0) is 9.30. The van der Waals surface area contributed by atoms with Gasteiger partial charge in [0, 0.05) is 19.0 Å². The number of carbonyl (C=O) groups excluding carboxylic acids is 1. The Labute approximate surface area is 72.4 Å². The van der Waals surface area contributed by atoms with E-state index >= 15 is 0 Å². The summed E-state index contributed by atoms with van der Waals surface area (Å²) in [5.74, 6) is 0.0925. The Hall–Kier alpha value is -1.12. The van der Waals surface area contributed by atoms with Gasteiger partial charge in [-0.25, -0.2) is 0 Å². The van der Waals surface area contributed by atoms with E-state index in [1.807, 2.05) is 20.8 Å². The fourth-order valence-corrected chi connectivity index (χ4v) is 1.35. The quantitative estimate of drug-likeness (QED) is 0.627. The lowest BCUT2D eigenvalue weighted by atomic mass is 10.2. The molecule has 0 N–H and O–H groups in total. The second kappa shape index (κ2) is 3.09. The Bertz CT molecular complexity index is 313. The van der Waals surface area contributed by atoms with Crippen LogP contribution in [0.5, 0.6) is 0 Å². The van der Waals surface area contributed by atoms with Crippen LogP contribution in [0.1, 0.15) is 35.6 Å². The molecule has 1 heterocycles. The van der Waals surface area contributed by atoms with Gasteiger partial charge in [0.15, 0.2) is 5.78 Å². The van der Waals surface area contributed by atoms with Crippen LogP contribution in [0.15, 0.2) is 0 Å². The largest absolute Gasteiger partial charge is 0.293 e. The fourth-order valence-electron chi connectivity index (χ4n) is 1.35. The van der Waals surface area contributed by atoms with E-state index in [2.05, 4.69) is 5.10 Å². The first-order valence-corrected chi connectivity index (χ1v) is 4.12. The van der Waals surface area contributed by atoms with Crippen molar-refractivity contribution in [1.29, 1.82) is 0 Å². The van der Waals surface area contributed by atoms with E-state index in [-0.39, 0.29) is 5.78 Å². The van der Waals surface area contributed by atoms with Crippen molar-refractivity contribution < 1.29 is 4.79 Å². The van der Waals surface area contributed by atoms with E-state index in [4.69, 9.17) is 0 Å². The molecule has 3 heteroatoms. The van der Waals surface area contributed by atoms with Gasteiger partial charge in [-0.2, -0.15) is 5.10 Å². The number of aromatic nitrogens is 2. The molecule has 0 saturated carbocycles. The van der Waals surface area contributed by atoms with Gasteiger partial charge in [-0.3, -0.25) is 9.48 Å². The summed E-state index contributed by atoms with van der Waals surface area (Å²) in [6, 6.07) is 0. The van der Waals surface area contributed by atoms with Crippen molar-refractivity contribution in [2.75, 3.05) is 0 Å². The monoisotopic (exact) mass is 166 g/mol. The van der Waals surface area contributed by atoms with Crippen LogP contribution in [0.4, 0.5) is 0 Å². The summed E-state index contributed by atoms with van der Waals surface area (Å²) >= 11 is 0. The molecule has 0 amide bonds. The topological polar surface area (TPSA) is 34.9 Å². The highest BCUT2D eigenvalue weighted by molar-refractivity contribution is 5.94. The van der Waals surface area contributed by atoms with Gasteiger partial charge in [-0.1, -0.05) is 0 Å². The lowest BCUT2D eigenvalue weighted by Crippen LogP contribution is -2.07. The molecule has 0 radical (unpaired) electrons. The van der Waals surface area contributed by atoms with Gasteiger partial charge in [-0.05, 0) is 20.8 Å². The Kier molecular flexibility index (Phi) is 2.31. The molecule has 1 aromatic rings.